The maximum absolute atomic E-state index is 6.55. The highest BCUT2D eigenvalue weighted by molar-refractivity contribution is 6.67. The van der Waals surface area contributed by atoms with Gasteiger partial charge in [-0.25, -0.2) is 0 Å². The first-order chi connectivity index (χ1) is 9.51. The molecule has 0 N–H and O–H groups in total. The van der Waals surface area contributed by atoms with Gasteiger partial charge in [0.25, 0.3) is 0 Å². The van der Waals surface area contributed by atoms with Crippen LogP contribution in [0.15, 0.2) is 0 Å². The Hall–Kier alpha value is 0.137. The van der Waals surface area contributed by atoms with Crippen molar-refractivity contribution < 1.29 is 8.85 Å². The van der Waals surface area contributed by atoms with Crippen LogP contribution in [-0.4, -0.2) is 21.3 Å². The molecule has 1 aliphatic rings. The summed E-state index contributed by atoms with van der Waals surface area (Å²) in [6, 6.07) is 2.19. The fraction of sp³-hybridized carbons (Fsp3) is 1.00. The van der Waals surface area contributed by atoms with Crippen LogP contribution in [0.4, 0.5) is 0 Å². The predicted octanol–water partition coefficient (Wildman–Crippen LogP) is 5.52. The van der Waals surface area contributed by atoms with Gasteiger partial charge in [0.05, 0.1) is 0 Å². The molecule has 1 fully saturated rings. The molecule has 0 unspecified atom stereocenters. The van der Waals surface area contributed by atoms with Gasteiger partial charge in [-0.3, -0.25) is 0 Å². The second-order valence-corrected chi connectivity index (χ2v) is 10.8. The third-order valence-electron chi connectivity index (χ3n) is 4.71. The van der Waals surface area contributed by atoms with Crippen LogP contribution in [-0.2, 0) is 8.85 Å². The normalized spacial score (nSPS) is 24.3. The molecular formula is C17H36O2Si. The van der Waals surface area contributed by atoms with Crippen molar-refractivity contribution in [3.05, 3.63) is 0 Å². The average Bonchev–Trinajstić information content (AvgIpc) is 2.44. The maximum Gasteiger partial charge on any atom is 0.337 e. The monoisotopic (exact) mass is 300 g/mol. The topological polar surface area (TPSA) is 18.5 Å². The smallest absolute Gasteiger partial charge is 0.337 e. The van der Waals surface area contributed by atoms with Gasteiger partial charge in [-0.2, -0.15) is 0 Å². The fourth-order valence-corrected chi connectivity index (χ4v) is 5.72. The largest absolute Gasteiger partial charge is 0.394 e. The number of rotatable bonds is 9. The van der Waals surface area contributed by atoms with E-state index in [0.29, 0.717) is 6.10 Å². The third kappa shape index (κ3) is 6.27. The first-order valence-electron chi connectivity index (χ1n) is 8.83. The molecule has 0 aromatic heterocycles. The standard InChI is InChI=1S/C17H36O2Si/c1-6-20(7-2,18-14-8-9-15(3)4)19-17-12-10-16(5)11-13-17/h15-17H,6-14H2,1-5H3. The van der Waals surface area contributed by atoms with Crippen LogP contribution in [0, 0.1) is 11.8 Å². The Bertz CT molecular complexity index is 243. The van der Waals surface area contributed by atoms with Crippen LogP contribution in [0.5, 0.6) is 0 Å². The van der Waals surface area contributed by atoms with Gasteiger partial charge < -0.3 is 8.85 Å². The molecule has 0 saturated heterocycles. The van der Waals surface area contributed by atoms with Crippen molar-refractivity contribution in [3.8, 4) is 0 Å². The van der Waals surface area contributed by atoms with E-state index in [2.05, 4.69) is 34.6 Å². The van der Waals surface area contributed by atoms with Crippen molar-refractivity contribution in [1.29, 1.82) is 0 Å². The minimum atomic E-state index is -1.92. The predicted molar refractivity (Wildman–Crippen MR) is 89.2 cm³/mol. The highest BCUT2D eigenvalue weighted by Gasteiger charge is 2.37. The summed E-state index contributed by atoms with van der Waals surface area (Å²) < 4.78 is 12.9. The molecule has 2 nitrogen and oxygen atoms in total. The molecule has 0 spiro atoms. The molecular weight excluding hydrogens is 264 g/mol. The highest BCUT2D eigenvalue weighted by atomic mass is 28.4. The van der Waals surface area contributed by atoms with Crippen molar-refractivity contribution in [2.24, 2.45) is 11.8 Å². The lowest BCUT2D eigenvalue weighted by molar-refractivity contribution is 0.0752. The fourth-order valence-electron chi connectivity index (χ4n) is 3.06. The highest BCUT2D eigenvalue weighted by Crippen LogP contribution is 2.30. The van der Waals surface area contributed by atoms with Gasteiger partial charge in [-0.1, -0.05) is 34.6 Å². The van der Waals surface area contributed by atoms with Gasteiger partial charge in [0.1, 0.15) is 0 Å². The van der Waals surface area contributed by atoms with Gasteiger partial charge in [0.2, 0.25) is 0 Å². The average molecular weight is 301 g/mol. The van der Waals surface area contributed by atoms with Crippen molar-refractivity contribution in [2.75, 3.05) is 6.61 Å². The summed E-state index contributed by atoms with van der Waals surface area (Å²) in [6.45, 7) is 12.3. The Morgan fingerprint density at radius 2 is 1.65 bits per heavy atom. The lowest BCUT2D eigenvalue weighted by Crippen LogP contribution is -2.45. The molecule has 1 aliphatic carbocycles. The van der Waals surface area contributed by atoms with E-state index in [4.69, 9.17) is 8.85 Å². The van der Waals surface area contributed by atoms with Crippen LogP contribution in [0.25, 0.3) is 0 Å². The third-order valence-corrected chi connectivity index (χ3v) is 8.36. The number of hydrogen-bond donors (Lipinski definition) is 0. The lowest BCUT2D eigenvalue weighted by Gasteiger charge is -2.36. The molecule has 0 heterocycles. The maximum atomic E-state index is 6.55. The van der Waals surface area contributed by atoms with Gasteiger partial charge in [0, 0.05) is 12.7 Å². The molecule has 0 amide bonds. The zero-order chi connectivity index (χ0) is 15.0. The van der Waals surface area contributed by atoms with E-state index in [1.54, 1.807) is 0 Å². The van der Waals surface area contributed by atoms with Crippen molar-refractivity contribution in [3.63, 3.8) is 0 Å². The van der Waals surface area contributed by atoms with Crippen LogP contribution >= 0.6 is 0 Å². The number of hydrogen-bond acceptors (Lipinski definition) is 2. The molecule has 20 heavy (non-hydrogen) atoms. The minimum absolute atomic E-state index is 0.475. The summed E-state index contributed by atoms with van der Waals surface area (Å²) in [5, 5.41) is 0. The van der Waals surface area contributed by atoms with E-state index in [9.17, 15) is 0 Å². The molecule has 0 aromatic carbocycles. The first kappa shape index (κ1) is 18.2. The Morgan fingerprint density at radius 3 is 2.15 bits per heavy atom. The van der Waals surface area contributed by atoms with E-state index in [1.807, 2.05) is 0 Å². The Kier molecular flexibility index (Phi) is 8.38. The second-order valence-electron chi connectivity index (χ2n) is 7.00. The summed E-state index contributed by atoms with van der Waals surface area (Å²) in [4.78, 5) is 0. The summed E-state index contributed by atoms with van der Waals surface area (Å²) >= 11 is 0. The molecule has 3 heteroatoms. The lowest BCUT2D eigenvalue weighted by atomic mass is 9.89. The van der Waals surface area contributed by atoms with Gasteiger partial charge in [-0.05, 0) is 62.4 Å². The zero-order valence-electron chi connectivity index (χ0n) is 14.4. The van der Waals surface area contributed by atoms with Crippen LogP contribution < -0.4 is 0 Å². The van der Waals surface area contributed by atoms with E-state index in [0.717, 1.165) is 30.5 Å². The summed E-state index contributed by atoms with van der Waals surface area (Å²) in [5.74, 6) is 1.67. The Balaban J connectivity index is 2.40. The van der Waals surface area contributed by atoms with Crippen LogP contribution in [0.3, 0.4) is 0 Å². The van der Waals surface area contributed by atoms with E-state index in [1.165, 1.54) is 38.5 Å². The molecule has 0 aliphatic heterocycles. The molecule has 0 radical (unpaired) electrons. The van der Waals surface area contributed by atoms with Crippen LogP contribution in [0.2, 0.25) is 12.1 Å². The minimum Gasteiger partial charge on any atom is -0.394 e. The van der Waals surface area contributed by atoms with Crippen molar-refractivity contribution >= 4 is 8.56 Å². The second kappa shape index (κ2) is 9.21. The van der Waals surface area contributed by atoms with Crippen molar-refractivity contribution in [1.82, 2.24) is 0 Å². The molecule has 0 aromatic rings. The van der Waals surface area contributed by atoms with E-state index in [-0.39, 0.29) is 0 Å². The summed E-state index contributed by atoms with van der Waals surface area (Å²) in [7, 11) is -1.92. The molecule has 0 atom stereocenters. The summed E-state index contributed by atoms with van der Waals surface area (Å²) in [6.07, 6.45) is 8.06. The van der Waals surface area contributed by atoms with Crippen molar-refractivity contribution in [2.45, 2.75) is 91.3 Å². The molecule has 1 saturated carbocycles. The SMILES string of the molecule is CC[Si](CC)(OCCCC(C)C)OC1CCC(C)CC1. The van der Waals surface area contributed by atoms with Gasteiger partial charge >= 0.3 is 8.56 Å². The quantitative estimate of drug-likeness (QED) is 0.412. The van der Waals surface area contributed by atoms with Gasteiger partial charge in [-0.15, -0.1) is 0 Å². The summed E-state index contributed by atoms with van der Waals surface area (Å²) in [5.41, 5.74) is 0. The van der Waals surface area contributed by atoms with Crippen LogP contribution in [0.1, 0.15) is 73.1 Å². The zero-order valence-corrected chi connectivity index (χ0v) is 15.4. The molecule has 0 bridgehead atoms. The van der Waals surface area contributed by atoms with E-state index >= 15 is 0 Å². The molecule has 120 valence electrons. The van der Waals surface area contributed by atoms with E-state index < -0.39 is 8.56 Å². The molecule has 1 rings (SSSR count). The van der Waals surface area contributed by atoms with Gasteiger partial charge in [0.15, 0.2) is 0 Å². The Morgan fingerprint density at radius 1 is 1.05 bits per heavy atom. The first-order valence-corrected chi connectivity index (χ1v) is 11.1. The Labute approximate surface area is 127 Å².